The Hall–Kier alpha value is -0.460. The number of rotatable bonds is 4. The van der Waals surface area contributed by atoms with Crippen molar-refractivity contribution in [2.24, 2.45) is 4.99 Å². The van der Waals surface area contributed by atoms with Crippen LogP contribution in [0.5, 0.6) is 0 Å². The number of hydrogen-bond donors (Lipinski definition) is 3. The number of nitrogens with one attached hydrogen (secondary N) is 2. The highest BCUT2D eigenvalue weighted by Gasteiger charge is 2.34. The van der Waals surface area contributed by atoms with Gasteiger partial charge < -0.3 is 15.7 Å². The van der Waals surface area contributed by atoms with Gasteiger partial charge in [0.1, 0.15) is 5.82 Å². The molecule has 0 amide bonds. The van der Waals surface area contributed by atoms with E-state index in [2.05, 4.69) is 15.6 Å². The molecule has 1 aliphatic heterocycles. The second-order valence-corrected chi connectivity index (χ2v) is 6.36. The van der Waals surface area contributed by atoms with E-state index in [1.807, 2.05) is 6.26 Å². The zero-order valence-corrected chi connectivity index (χ0v) is 12.4. The van der Waals surface area contributed by atoms with Crippen LogP contribution in [0, 0.1) is 0 Å². The fraction of sp³-hybridized carbons (Fsp3) is 0.750. The number of nitrogens with zero attached hydrogens (tertiary/aromatic N) is 1. The van der Waals surface area contributed by atoms with Crippen LogP contribution in [0.25, 0.3) is 0 Å². The summed E-state index contributed by atoms with van der Waals surface area (Å²) >= 11 is 7.43. The van der Waals surface area contributed by atoms with Crippen LogP contribution < -0.4 is 10.6 Å². The largest absolute Gasteiger partial charge is 0.389 e. The van der Waals surface area contributed by atoms with E-state index in [-0.39, 0.29) is 11.9 Å². The van der Waals surface area contributed by atoms with Crippen LogP contribution in [0.1, 0.15) is 25.7 Å². The van der Waals surface area contributed by atoms with Gasteiger partial charge in [-0.1, -0.05) is 11.6 Å². The van der Waals surface area contributed by atoms with Crippen LogP contribution in [0.2, 0.25) is 0 Å². The van der Waals surface area contributed by atoms with Gasteiger partial charge in [-0.3, -0.25) is 0 Å². The predicted octanol–water partition coefficient (Wildman–Crippen LogP) is 1.95. The molecule has 2 aliphatic rings. The molecule has 19 heavy (non-hydrogen) atoms. The zero-order valence-electron chi connectivity index (χ0n) is 10.8. The minimum absolute atomic E-state index is 0.0505. The molecule has 0 aromatic rings. The molecule has 4 nitrogen and oxygen atoms in total. The first-order valence-electron chi connectivity index (χ1n) is 6.34. The second-order valence-electron chi connectivity index (χ2n) is 5.08. The van der Waals surface area contributed by atoms with E-state index in [4.69, 9.17) is 11.6 Å². The number of alkyl halides is 1. The van der Waals surface area contributed by atoms with Crippen molar-refractivity contribution in [1.82, 2.24) is 10.6 Å². The van der Waals surface area contributed by atoms with E-state index in [9.17, 15) is 9.50 Å². The molecule has 0 aromatic carbocycles. The molecule has 2 rings (SSSR count). The van der Waals surface area contributed by atoms with Gasteiger partial charge in [0, 0.05) is 11.8 Å². The SMILES string of the molecule is CSC[C@@]1(O)CCC[C@H](NC2=C(F)C=NC(Cl)N2)C1. The molecular formula is C12H19ClFN3OS. The van der Waals surface area contributed by atoms with Gasteiger partial charge in [-0.2, -0.15) is 11.8 Å². The van der Waals surface area contributed by atoms with E-state index in [1.165, 1.54) is 0 Å². The third kappa shape index (κ3) is 4.00. The normalized spacial score (nSPS) is 35.2. The van der Waals surface area contributed by atoms with Gasteiger partial charge in [-0.25, -0.2) is 9.38 Å². The van der Waals surface area contributed by atoms with E-state index in [1.54, 1.807) is 11.8 Å². The summed E-state index contributed by atoms with van der Waals surface area (Å²) in [7, 11) is 0. The van der Waals surface area contributed by atoms with Crippen LogP contribution in [0.3, 0.4) is 0 Å². The van der Waals surface area contributed by atoms with Crippen molar-refractivity contribution in [2.75, 3.05) is 12.0 Å². The zero-order chi connectivity index (χ0) is 13.9. The summed E-state index contributed by atoms with van der Waals surface area (Å²) in [5, 5.41) is 16.3. The summed E-state index contributed by atoms with van der Waals surface area (Å²) < 4.78 is 13.6. The second kappa shape index (κ2) is 6.33. The average Bonchev–Trinajstić information content (AvgIpc) is 2.34. The number of halogens is 2. The first kappa shape index (κ1) is 14.9. The van der Waals surface area contributed by atoms with Crippen molar-refractivity contribution in [3.63, 3.8) is 0 Å². The fourth-order valence-corrected chi connectivity index (χ4v) is 3.56. The molecule has 1 heterocycles. The molecule has 3 atom stereocenters. The van der Waals surface area contributed by atoms with Gasteiger partial charge in [0.2, 0.25) is 0 Å². The minimum Gasteiger partial charge on any atom is -0.389 e. The lowest BCUT2D eigenvalue weighted by Gasteiger charge is -2.37. The van der Waals surface area contributed by atoms with Gasteiger partial charge in [0.15, 0.2) is 11.5 Å². The van der Waals surface area contributed by atoms with Crippen LogP contribution in [-0.2, 0) is 0 Å². The van der Waals surface area contributed by atoms with Gasteiger partial charge in [0.25, 0.3) is 0 Å². The molecule has 0 bridgehead atoms. The van der Waals surface area contributed by atoms with Crippen molar-refractivity contribution in [1.29, 1.82) is 0 Å². The Morgan fingerprint density at radius 1 is 1.74 bits per heavy atom. The topological polar surface area (TPSA) is 56.6 Å². The van der Waals surface area contributed by atoms with Crippen molar-refractivity contribution in [3.8, 4) is 0 Å². The molecule has 0 aromatic heterocycles. The van der Waals surface area contributed by atoms with Crippen molar-refractivity contribution in [2.45, 2.75) is 43.0 Å². The molecular weight excluding hydrogens is 289 g/mol. The molecule has 1 saturated carbocycles. The molecule has 1 unspecified atom stereocenters. The molecule has 0 radical (unpaired) electrons. The quantitative estimate of drug-likeness (QED) is 0.549. The van der Waals surface area contributed by atoms with Crippen LogP contribution in [0.15, 0.2) is 16.6 Å². The summed E-state index contributed by atoms with van der Waals surface area (Å²) in [4.78, 5) is 3.72. The molecule has 0 spiro atoms. The van der Waals surface area contributed by atoms with Crippen molar-refractivity contribution >= 4 is 29.6 Å². The van der Waals surface area contributed by atoms with Crippen molar-refractivity contribution in [3.05, 3.63) is 11.6 Å². The van der Waals surface area contributed by atoms with Crippen LogP contribution in [0.4, 0.5) is 4.39 Å². The third-order valence-corrected chi connectivity index (χ3v) is 4.45. The van der Waals surface area contributed by atoms with E-state index in [0.717, 1.165) is 25.5 Å². The summed E-state index contributed by atoms with van der Waals surface area (Å²) in [5.74, 6) is 0.531. The summed E-state index contributed by atoms with van der Waals surface area (Å²) in [5.41, 5.74) is -1.30. The van der Waals surface area contributed by atoms with Gasteiger partial charge in [-0.15, -0.1) is 0 Å². The third-order valence-electron chi connectivity index (χ3n) is 3.40. The molecule has 7 heteroatoms. The molecule has 1 fully saturated rings. The Balaban J connectivity index is 1.97. The lowest BCUT2D eigenvalue weighted by atomic mass is 9.83. The van der Waals surface area contributed by atoms with Gasteiger partial charge in [-0.05, 0) is 31.9 Å². The number of hydrogen-bond acceptors (Lipinski definition) is 5. The van der Waals surface area contributed by atoms with Gasteiger partial charge in [0.05, 0.1) is 11.8 Å². The Labute approximate surface area is 121 Å². The maximum Gasteiger partial charge on any atom is 0.196 e. The Kier molecular flexibility index (Phi) is 4.97. The number of aliphatic imine (C=N–C) groups is 1. The van der Waals surface area contributed by atoms with E-state index >= 15 is 0 Å². The number of aliphatic hydroxyl groups is 1. The monoisotopic (exact) mass is 307 g/mol. The summed E-state index contributed by atoms with van der Waals surface area (Å²) in [6, 6.07) is 0.0505. The van der Waals surface area contributed by atoms with Gasteiger partial charge >= 0.3 is 0 Å². The van der Waals surface area contributed by atoms with E-state index < -0.39 is 17.1 Å². The Bertz CT molecular complexity index is 389. The first-order valence-corrected chi connectivity index (χ1v) is 8.17. The smallest absolute Gasteiger partial charge is 0.196 e. The molecule has 3 N–H and O–H groups in total. The highest BCUT2D eigenvalue weighted by molar-refractivity contribution is 7.98. The lowest BCUT2D eigenvalue weighted by Crippen LogP contribution is -2.47. The van der Waals surface area contributed by atoms with Crippen molar-refractivity contribution < 1.29 is 9.50 Å². The highest BCUT2D eigenvalue weighted by Crippen LogP contribution is 2.31. The highest BCUT2D eigenvalue weighted by atomic mass is 35.5. The minimum atomic E-state index is -0.657. The number of allylic oxidation sites excluding steroid dienone is 1. The first-order chi connectivity index (χ1) is 9.02. The molecule has 0 saturated heterocycles. The van der Waals surface area contributed by atoms with E-state index in [0.29, 0.717) is 12.2 Å². The Morgan fingerprint density at radius 2 is 2.53 bits per heavy atom. The molecule has 108 valence electrons. The average molecular weight is 308 g/mol. The maximum absolute atomic E-state index is 13.6. The van der Waals surface area contributed by atoms with Crippen LogP contribution >= 0.6 is 23.4 Å². The Morgan fingerprint density at radius 3 is 3.26 bits per heavy atom. The number of thioether (sulfide) groups is 1. The fourth-order valence-electron chi connectivity index (χ4n) is 2.60. The van der Waals surface area contributed by atoms with Crippen LogP contribution in [-0.4, -0.2) is 40.6 Å². The lowest BCUT2D eigenvalue weighted by molar-refractivity contribution is 0.0158. The predicted molar refractivity (Wildman–Crippen MR) is 78.1 cm³/mol. The maximum atomic E-state index is 13.6. The molecule has 1 aliphatic carbocycles. The summed E-state index contributed by atoms with van der Waals surface area (Å²) in [6.45, 7) is 0. The summed E-state index contributed by atoms with van der Waals surface area (Å²) in [6.07, 6.45) is 6.38. The standard InChI is InChI=1S/C12H19ClFN3OS/c1-19-7-12(18)4-2-3-8(5-12)16-10-9(14)6-15-11(13)17-10/h6,8,11,16-18H,2-5,7H2,1H3/t8-,11?,12+/m0/s1.